The number of piperazine rings is 1. The highest BCUT2D eigenvalue weighted by atomic mass is 32.2. The first-order chi connectivity index (χ1) is 11.0. The second-order valence-corrected chi connectivity index (χ2v) is 7.36. The highest BCUT2D eigenvalue weighted by molar-refractivity contribution is 7.86. The fraction of sp³-hybridized carbons (Fsp3) is 0.533. The lowest BCUT2D eigenvalue weighted by atomic mass is 10.2. The molecule has 0 aromatic heterocycles. The van der Waals surface area contributed by atoms with Crippen molar-refractivity contribution < 1.29 is 13.2 Å². The number of methoxy groups -OCH3 is 1. The Morgan fingerprint density at radius 2 is 1.83 bits per heavy atom. The van der Waals surface area contributed by atoms with Gasteiger partial charge in [-0.3, -0.25) is 0 Å². The second-order valence-electron chi connectivity index (χ2n) is 5.32. The van der Waals surface area contributed by atoms with Gasteiger partial charge in [-0.1, -0.05) is 0 Å². The Hall–Kier alpha value is -1.82. The van der Waals surface area contributed by atoms with Gasteiger partial charge in [-0.2, -0.15) is 22.3 Å². The summed E-state index contributed by atoms with van der Waals surface area (Å²) in [6.45, 7) is 2.36. The number of nitriles is 1. The van der Waals surface area contributed by atoms with Crippen LogP contribution in [0.25, 0.3) is 0 Å². The highest BCUT2D eigenvalue weighted by Gasteiger charge is 2.30. The molecular weight excluding hydrogens is 316 g/mol. The molecule has 8 heteroatoms. The number of ether oxygens (including phenoxy) is 1. The van der Waals surface area contributed by atoms with Crippen LogP contribution in [0.4, 0.5) is 5.69 Å². The van der Waals surface area contributed by atoms with Crippen molar-refractivity contribution in [3.05, 3.63) is 24.3 Å². The largest absolute Gasteiger partial charge is 0.497 e. The molecule has 0 spiro atoms. The van der Waals surface area contributed by atoms with Crippen molar-refractivity contribution >= 4 is 15.9 Å². The molecule has 1 fully saturated rings. The van der Waals surface area contributed by atoms with Crippen LogP contribution in [0, 0.1) is 11.3 Å². The lowest BCUT2D eigenvalue weighted by molar-refractivity contribution is 0.344. The fourth-order valence-corrected chi connectivity index (χ4v) is 3.83. The maximum Gasteiger partial charge on any atom is 0.281 e. The van der Waals surface area contributed by atoms with Crippen LogP contribution in [0.15, 0.2) is 24.3 Å². The van der Waals surface area contributed by atoms with Crippen LogP contribution in [-0.4, -0.2) is 63.9 Å². The zero-order valence-corrected chi connectivity index (χ0v) is 14.3. The Kier molecular flexibility index (Phi) is 5.82. The Morgan fingerprint density at radius 1 is 1.22 bits per heavy atom. The Bertz CT molecular complexity index is 646. The minimum Gasteiger partial charge on any atom is -0.497 e. The van der Waals surface area contributed by atoms with E-state index >= 15 is 0 Å². The average Bonchev–Trinajstić information content (AvgIpc) is 2.59. The molecule has 0 bridgehead atoms. The summed E-state index contributed by atoms with van der Waals surface area (Å²) >= 11 is 0. The highest BCUT2D eigenvalue weighted by Crippen LogP contribution is 2.21. The van der Waals surface area contributed by atoms with Crippen molar-refractivity contribution in [3.63, 3.8) is 0 Å². The molecule has 1 heterocycles. The summed E-state index contributed by atoms with van der Waals surface area (Å²) < 4.78 is 32.7. The van der Waals surface area contributed by atoms with Crippen LogP contribution in [0.3, 0.4) is 0 Å². The zero-order valence-electron chi connectivity index (χ0n) is 13.5. The SMILES string of the molecule is COc1ccc(N2CCN(S(=O)(=O)N(C)CCC#N)CC2)cc1. The lowest BCUT2D eigenvalue weighted by Gasteiger charge is -2.36. The monoisotopic (exact) mass is 338 g/mol. The van der Waals surface area contributed by atoms with Crippen molar-refractivity contribution in [2.45, 2.75) is 6.42 Å². The van der Waals surface area contributed by atoms with Gasteiger partial charge < -0.3 is 9.64 Å². The molecule has 7 nitrogen and oxygen atoms in total. The molecule has 0 radical (unpaired) electrons. The molecule has 0 atom stereocenters. The molecule has 0 unspecified atom stereocenters. The first-order valence-corrected chi connectivity index (χ1v) is 8.86. The molecular formula is C15H22N4O3S. The van der Waals surface area contributed by atoms with Crippen LogP contribution < -0.4 is 9.64 Å². The third-order valence-corrected chi connectivity index (χ3v) is 5.92. The number of hydrogen-bond donors (Lipinski definition) is 0. The van der Waals surface area contributed by atoms with E-state index in [1.807, 2.05) is 30.3 Å². The van der Waals surface area contributed by atoms with Gasteiger partial charge in [-0.25, -0.2) is 0 Å². The smallest absolute Gasteiger partial charge is 0.281 e. The minimum absolute atomic E-state index is 0.196. The van der Waals surface area contributed by atoms with Crippen molar-refractivity contribution in [3.8, 4) is 11.8 Å². The molecule has 126 valence electrons. The molecule has 0 N–H and O–H groups in total. The van der Waals surface area contributed by atoms with E-state index in [0.717, 1.165) is 11.4 Å². The number of benzene rings is 1. The van der Waals surface area contributed by atoms with Gasteiger partial charge in [0.1, 0.15) is 5.75 Å². The van der Waals surface area contributed by atoms with Gasteiger partial charge in [0.15, 0.2) is 0 Å². The minimum atomic E-state index is -3.48. The number of rotatable bonds is 6. The summed E-state index contributed by atoms with van der Waals surface area (Å²) in [7, 11) is -0.339. The molecule has 0 aliphatic carbocycles. The zero-order chi connectivity index (χ0) is 16.9. The number of nitrogens with zero attached hydrogens (tertiary/aromatic N) is 4. The predicted molar refractivity (Wildman–Crippen MR) is 88.6 cm³/mol. The average molecular weight is 338 g/mol. The van der Waals surface area contributed by atoms with Gasteiger partial charge in [0.25, 0.3) is 10.2 Å². The van der Waals surface area contributed by atoms with E-state index in [0.29, 0.717) is 26.2 Å². The van der Waals surface area contributed by atoms with E-state index < -0.39 is 10.2 Å². The first kappa shape index (κ1) is 17.5. The van der Waals surface area contributed by atoms with Gasteiger partial charge in [0.05, 0.1) is 13.2 Å². The van der Waals surface area contributed by atoms with Crippen molar-refractivity contribution in [2.24, 2.45) is 0 Å². The van der Waals surface area contributed by atoms with Crippen LogP contribution in [0.5, 0.6) is 5.75 Å². The first-order valence-electron chi connectivity index (χ1n) is 7.46. The Morgan fingerprint density at radius 3 is 2.35 bits per heavy atom. The Balaban J connectivity index is 1.96. The van der Waals surface area contributed by atoms with E-state index in [1.54, 1.807) is 7.11 Å². The molecule has 1 aromatic carbocycles. The molecule has 1 aromatic rings. The van der Waals surface area contributed by atoms with Crippen LogP contribution in [0.1, 0.15) is 6.42 Å². The summed E-state index contributed by atoms with van der Waals surface area (Å²) in [6.07, 6.45) is 0.196. The molecule has 1 saturated heterocycles. The van der Waals surface area contributed by atoms with E-state index in [2.05, 4.69) is 4.90 Å². The topological polar surface area (TPSA) is 76.9 Å². The number of anilines is 1. The van der Waals surface area contributed by atoms with E-state index in [9.17, 15) is 8.42 Å². The van der Waals surface area contributed by atoms with Crippen LogP contribution >= 0.6 is 0 Å². The van der Waals surface area contributed by atoms with Gasteiger partial charge in [0.2, 0.25) is 0 Å². The van der Waals surface area contributed by atoms with E-state index in [4.69, 9.17) is 10.00 Å². The molecule has 2 rings (SSSR count). The molecule has 23 heavy (non-hydrogen) atoms. The molecule has 0 amide bonds. The quantitative estimate of drug-likeness (QED) is 0.770. The molecule has 1 aliphatic heterocycles. The lowest BCUT2D eigenvalue weighted by Crippen LogP contribution is -2.52. The predicted octanol–water partition coefficient (Wildman–Crippen LogP) is 0.907. The fourth-order valence-electron chi connectivity index (χ4n) is 2.49. The van der Waals surface area contributed by atoms with E-state index in [1.165, 1.54) is 15.7 Å². The molecule has 1 aliphatic rings. The van der Waals surface area contributed by atoms with Crippen molar-refractivity contribution in [1.29, 1.82) is 5.26 Å². The standard InChI is InChI=1S/C15H22N4O3S/c1-17(9-3-8-16)23(20,21)19-12-10-18(11-13-19)14-4-6-15(22-2)7-5-14/h4-7H,3,9-13H2,1-2H3. The van der Waals surface area contributed by atoms with Crippen LogP contribution in [0.2, 0.25) is 0 Å². The van der Waals surface area contributed by atoms with Gasteiger partial charge in [0, 0.05) is 51.9 Å². The maximum atomic E-state index is 12.4. The summed E-state index contributed by atoms with van der Waals surface area (Å²) in [5.41, 5.74) is 1.06. The van der Waals surface area contributed by atoms with Crippen molar-refractivity contribution in [1.82, 2.24) is 8.61 Å². The summed E-state index contributed by atoms with van der Waals surface area (Å²) in [4.78, 5) is 2.15. The normalized spacial score (nSPS) is 16.3. The van der Waals surface area contributed by atoms with Gasteiger partial charge in [-0.15, -0.1) is 0 Å². The van der Waals surface area contributed by atoms with E-state index in [-0.39, 0.29) is 13.0 Å². The van der Waals surface area contributed by atoms with Gasteiger partial charge >= 0.3 is 0 Å². The van der Waals surface area contributed by atoms with Gasteiger partial charge in [-0.05, 0) is 24.3 Å². The maximum absolute atomic E-state index is 12.4. The third-order valence-electron chi connectivity index (χ3n) is 3.93. The summed E-state index contributed by atoms with van der Waals surface area (Å²) in [5, 5.41) is 8.59. The summed E-state index contributed by atoms with van der Waals surface area (Å²) in [5.74, 6) is 0.800. The number of hydrogen-bond acceptors (Lipinski definition) is 5. The second kappa shape index (κ2) is 7.64. The molecule has 0 saturated carbocycles. The van der Waals surface area contributed by atoms with Crippen LogP contribution in [-0.2, 0) is 10.2 Å². The summed E-state index contributed by atoms with van der Waals surface area (Å²) in [6, 6.07) is 9.71. The van der Waals surface area contributed by atoms with Crippen molar-refractivity contribution in [2.75, 3.05) is 51.8 Å². The Labute approximate surface area is 137 Å². The third kappa shape index (κ3) is 4.13.